The molecule has 8 nitrogen and oxygen atoms in total. The molecule has 2 unspecified atom stereocenters. The molecular formula is C58H98NO7+. The molecule has 0 spiro atoms. The van der Waals surface area contributed by atoms with E-state index >= 15 is 0 Å². The standard InChI is InChI=1S/C58H97NO7/c1-6-8-10-12-14-16-18-20-22-24-26-28-30-32-34-36-38-40-42-44-46-48-56(60)65-53-54(52-64-51-50-55(58(62)63)59(3,4)5)66-57(61)49-47-45-43-41-39-37-35-33-31-29-27-25-23-21-19-17-15-13-11-9-7-2/h8,10,14-17,20-23,27,29,33,35,39,41,54-55H,6-7,9,11-13,18-19,24-26,28,30-32,34,36-38,40,42-53H2,1-5H3/p+1/b10-8+,16-14+,17-15+,22-20+,23-21+,29-27+,35-33+,41-39+. The first kappa shape index (κ1) is 62.2. The first-order valence-corrected chi connectivity index (χ1v) is 26.3. The van der Waals surface area contributed by atoms with Gasteiger partial charge in [0.05, 0.1) is 34.4 Å². The molecule has 0 aliphatic rings. The van der Waals surface area contributed by atoms with Crippen molar-refractivity contribution in [1.82, 2.24) is 0 Å². The fourth-order valence-electron chi connectivity index (χ4n) is 7.18. The number of esters is 2. The summed E-state index contributed by atoms with van der Waals surface area (Å²) >= 11 is 0. The van der Waals surface area contributed by atoms with E-state index in [-0.39, 0.29) is 42.7 Å². The van der Waals surface area contributed by atoms with E-state index in [1.807, 2.05) is 21.1 Å². The lowest BCUT2D eigenvalue weighted by molar-refractivity contribution is -0.887. The second kappa shape index (κ2) is 47.7. The molecule has 0 aromatic heterocycles. The molecule has 0 heterocycles. The van der Waals surface area contributed by atoms with Gasteiger partial charge in [0.15, 0.2) is 12.1 Å². The summed E-state index contributed by atoms with van der Waals surface area (Å²) in [5.41, 5.74) is 0. The molecule has 0 fully saturated rings. The predicted octanol–water partition coefficient (Wildman–Crippen LogP) is 15.4. The molecule has 0 saturated heterocycles. The summed E-state index contributed by atoms with van der Waals surface area (Å²) in [6.45, 7) is 4.55. The molecule has 0 aromatic carbocycles. The van der Waals surface area contributed by atoms with Crippen molar-refractivity contribution in [3.05, 3.63) is 97.2 Å². The number of unbranched alkanes of at least 4 members (excludes halogenated alkanes) is 16. The van der Waals surface area contributed by atoms with Crippen LogP contribution in [0.4, 0.5) is 0 Å². The van der Waals surface area contributed by atoms with Crippen LogP contribution >= 0.6 is 0 Å². The Morgan fingerprint density at radius 2 is 0.848 bits per heavy atom. The van der Waals surface area contributed by atoms with E-state index in [0.717, 1.165) is 77.0 Å². The monoisotopic (exact) mass is 921 g/mol. The minimum absolute atomic E-state index is 0.0376. The number of carbonyl (C=O) groups is 3. The van der Waals surface area contributed by atoms with Gasteiger partial charge in [-0.25, -0.2) is 4.79 Å². The van der Waals surface area contributed by atoms with Gasteiger partial charge in [-0.1, -0.05) is 182 Å². The van der Waals surface area contributed by atoms with Crippen LogP contribution in [0, 0.1) is 0 Å². The minimum Gasteiger partial charge on any atom is -0.477 e. The zero-order chi connectivity index (χ0) is 48.4. The number of nitrogens with zero attached hydrogens (tertiary/aromatic N) is 1. The van der Waals surface area contributed by atoms with Crippen molar-refractivity contribution < 1.29 is 38.2 Å². The van der Waals surface area contributed by atoms with Gasteiger partial charge in [0.1, 0.15) is 6.61 Å². The van der Waals surface area contributed by atoms with Crippen LogP contribution < -0.4 is 0 Å². The first-order valence-electron chi connectivity index (χ1n) is 26.3. The highest BCUT2D eigenvalue weighted by molar-refractivity contribution is 5.72. The number of carboxylic acids is 1. The summed E-state index contributed by atoms with van der Waals surface area (Å²) in [4.78, 5) is 37.2. The maximum atomic E-state index is 12.8. The van der Waals surface area contributed by atoms with Crippen molar-refractivity contribution in [2.45, 2.75) is 212 Å². The van der Waals surface area contributed by atoms with Gasteiger partial charge in [-0.15, -0.1) is 0 Å². The lowest BCUT2D eigenvalue weighted by Gasteiger charge is -2.31. The smallest absolute Gasteiger partial charge is 0.362 e. The molecule has 2 atom stereocenters. The summed E-state index contributed by atoms with van der Waals surface area (Å²) in [6, 6.07) is -0.629. The second-order valence-electron chi connectivity index (χ2n) is 18.4. The van der Waals surface area contributed by atoms with E-state index in [1.54, 1.807) is 0 Å². The van der Waals surface area contributed by atoms with Gasteiger partial charge in [0.2, 0.25) is 0 Å². The Morgan fingerprint density at radius 1 is 0.470 bits per heavy atom. The van der Waals surface area contributed by atoms with Crippen LogP contribution in [0.5, 0.6) is 0 Å². The van der Waals surface area contributed by atoms with Crippen LogP contribution in [0.3, 0.4) is 0 Å². The average Bonchev–Trinajstić information content (AvgIpc) is 3.28. The summed E-state index contributed by atoms with van der Waals surface area (Å²) < 4.78 is 17.3. The number of hydrogen-bond donors (Lipinski definition) is 1. The third-order valence-corrected chi connectivity index (χ3v) is 11.2. The SMILES string of the molecule is CC/C=C/C/C=C/C/C=C/CCCCCCCCCCCCCC(=O)OCC(COCCC(C(=O)O)[N+](C)(C)C)OC(=O)CCCC/C=C/C/C=C/C/C=C/C/C=C/C/C=C/CCCCC. The molecule has 8 heteroatoms. The van der Waals surface area contributed by atoms with Gasteiger partial charge in [0.25, 0.3) is 0 Å². The molecule has 0 bridgehead atoms. The van der Waals surface area contributed by atoms with Crippen molar-refractivity contribution in [2.75, 3.05) is 41.0 Å². The summed E-state index contributed by atoms with van der Waals surface area (Å²) in [5, 5.41) is 9.66. The normalized spacial score (nSPS) is 13.7. The molecule has 0 aliphatic heterocycles. The van der Waals surface area contributed by atoms with E-state index in [0.29, 0.717) is 19.3 Å². The van der Waals surface area contributed by atoms with Crippen LogP contribution in [0.2, 0.25) is 0 Å². The van der Waals surface area contributed by atoms with E-state index in [1.165, 1.54) is 83.5 Å². The largest absolute Gasteiger partial charge is 0.477 e. The van der Waals surface area contributed by atoms with Gasteiger partial charge in [-0.05, 0) is 96.3 Å². The highest BCUT2D eigenvalue weighted by Gasteiger charge is 2.31. The van der Waals surface area contributed by atoms with Crippen molar-refractivity contribution in [1.29, 1.82) is 0 Å². The number of carbonyl (C=O) groups excluding carboxylic acids is 2. The maximum absolute atomic E-state index is 12.8. The van der Waals surface area contributed by atoms with Gasteiger partial charge >= 0.3 is 17.9 Å². The molecule has 0 rings (SSSR count). The fraction of sp³-hybridized carbons (Fsp3) is 0.672. The van der Waals surface area contributed by atoms with E-state index < -0.39 is 18.1 Å². The number of rotatable bonds is 46. The Hall–Kier alpha value is -3.75. The third-order valence-electron chi connectivity index (χ3n) is 11.2. The van der Waals surface area contributed by atoms with Crippen LogP contribution in [-0.2, 0) is 28.6 Å². The molecule has 0 aliphatic carbocycles. The summed E-state index contributed by atoms with van der Waals surface area (Å²) in [7, 11) is 5.51. The van der Waals surface area contributed by atoms with Gasteiger partial charge in [-0.3, -0.25) is 9.59 Å². The molecule has 1 N–H and O–H groups in total. The number of allylic oxidation sites excluding steroid dienone is 16. The lowest BCUT2D eigenvalue weighted by Crippen LogP contribution is -2.50. The Morgan fingerprint density at radius 3 is 1.29 bits per heavy atom. The van der Waals surface area contributed by atoms with Gasteiger partial charge in [-0.2, -0.15) is 0 Å². The Balaban J connectivity index is 4.33. The topological polar surface area (TPSA) is 99.1 Å². The summed E-state index contributed by atoms with van der Waals surface area (Å²) in [5.74, 6) is -1.53. The van der Waals surface area contributed by atoms with Crippen LogP contribution in [0.1, 0.15) is 200 Å². The quantitative estimate of drug-likeness (QED) is 0.0281. The molecule has 66 heavy (non-hydrogen) atoms. The number of quaternary nitrogens is 1. The van der Waals surface area contributed by atoms with E-state index in [2.05, 4.69) is 111 Å². The van der Waals surface area contributed by atoms with Crippen molar-refractivity contribution in [3.63, 3.8) is 0 Å². The van der Waals surface area contributed by atoms with Crippen molar-refractivity contribution >= 4 is 17.9 Å². The zero-order valence-corrected chi connectivity index (χ0v) is 42.9. The Labute approximate surface area is 405 Å². The van der Waals surface area contributed by atoms with Crippen LogP contribution in [-0.4, -0.2) is 80.6 Å². The van der Waals surface area contributed by atoms with Crippen molar-refractivity contribution in [2.24, 2.45) is 0 Å². The molecule has 376 valence electrons. The fourth-order valence-corrected chi connectivity index (χ4v) is 7.18. The number of likely N-dealkylation sites (N-methyl/N-ethyl adjacent to an activating group) is 1. The predicted molar refractivity (Wildman–Crippen MR) is 279 cm³/mol. The van der Waals surface area contributed by atoms with Gasteiger partial charge < -0.3 is 23.8 Å². The zero-order valence-electron chi connectivity index (χ0n) is 42.9. The minimum atomic E-state index is -0.885. The van der Waals surface area contributed by atoms with Gasteiger partial charge in [0, 0.05) is 19.3 Å². The first-order chi connectivity index (χ1) is 32.1. The van der Waals surface area contributed by atoms with Crippen LogP contribution in [0.15, 0.2) is 97.2 Å². The van der Waals surface area contributed by atoms with E-state index in [4.69, 9.17) is 14.2 Å². The van der Waals surface area contributed by atoms with E-state index in [9.17, 15) is 19.5 Å². The number of carboxylic acid groups (broad SMARTS) is 1. The Kier molecular flexibility index (Phi) is 45.0. The average molecular weight is 921 g/mol. The highest BCUT2D eigenvalue weighted by atomic mass is 16.6. The third kappa shape index (κ3) is 45.4. The van der Waals surface area contributed by atoms with Crippen molar-refractivity contribution in [3.8, 4) is 0 Å². The lowest BCUT2D eigenvalue weighted by atomic mass is 10.0. The Bertz CT molecular complexity index is 1400. The molecule has 0 amide bonds. The highest BCUT2D eigenvalue weighted by Crippen LogP contribution is 2.14. The molecule has 0 saturated carbocycles. The maximum Gasteiger partial charge on any atom is 0.362 e. The number of aliphatic carboxylic acids is 1. The summed E-state index contributed by atoms with van der Waals surface area (Å²) in [6.07, 6.45) is 64.6. The van der Waals surface area contributed by atoms with Crippen LogP contribution in [0.25, 0.3) is 0 Å². The number of hydrogen-bond acceptors (Lipinski definition) is 6. The molecule has 0 aromatic rings. The second-order valence-corrected chi connectivity index (χ2v) is 18.4. The molecular weight excluding hydrogens is 823 g/mol. The number of ether oxygens (including phenoxy) is 3. The molecule has 0 radical (unpaired) electrons.